The van der Waals surface area contributed by atoms with Gasteiger partial charge in [-0.3, -0.25) is 4.79 Å². The second-order valence-corrected chi connectivity index (χ2v) is 7.10. The summed E-state index contributed by atoms with van der Waals surface area (Å²) >= 11 is 0. The normalized spacial score (nSPS) is 10.4. The number of carbonyl (C=O) groups is 1. The number of amides is 1. The second-order valence-electron chi connectivity index (χ2n) is 7.10. The van der Waals surface area contributed by atoms with Gasteiger partial charge >= 0.3 is 0 Å². The topological polar surface area (TPSA) is 70.2 Å². The van der Waals surface area contributed by atoms with Crippen LogP contribution in [-0.4, -0.2) is 36.5 Å². The van der Waals surface area contributed by atoms with Crippen molar-refractivity contribution in [2.45, 2.75) is 19.8 Å². The van der Waals surface area contributed by atoms with Crippen LogP contribution < -0.4 is 15.5 Å². The zero-order chi connectivity index (χ0) is 20.6. The standard InChI is InChI=1S/C23H27N5O/c1-17-25-21(23(29)24-15-7-10-18-8-5-4-6-9-18)16-22(26-17)27-19-11-13-20(14-12-19)28(2)3/h4-6,8-9,11-14,16H,7,10,15H2,1-3H3,(H,24,29)(H,25,26,27). The number of carbonyl (C=O) groups excluding carboxylic acids is 1. The van der Waals surface area contributed by atoms with Crippen molar-refractivity contribution < 1.29 is 4.79 Å². The molecule has 6 heteroatoms. The fraction of sp³-hybridized carbons (Fsp3) is 0.261. The number of rotatable bonds is 8. The molecule has 3 aromatic rings. The van der Waals surface area contributed by atoms with E-state index in [1.807, 2.05) is 61.5 Å². The zero-order valence-corrected chi connectivity index (χ0v) is 17.1. The molecular weight excluding hydrogens is 362 g/mol. The third-order valence-corrected chi connectivity index (χ3v) is 4.50. The molecule has 2 N–H and O–H groups in total. The molecule has 3 rings (SSSR count). The van der Waals surface area contributed by atoms with Gasteiger partial charge in [-0.1, -0.05) is 30.3 Å². The van der Waals surface area contributed by atoms with Gasteiger partial charge in [0.25, 0.3) is 5.91 Å². The lowest BCUT2D eigenvalue weighted by Gasteiger charge is -2.13. The number of nitrogens with one attached hydrogen (secondary N) is 2. The Balaban J connectivity index is 1.58. The number of nitrogens with zero attached hydrogens (tertiary/aromatic N) is 3. The van der Waals surface area contributed by atoms with Crippen LogP contribution in [0.1, 0.15) is 28.3 Å². The van der Waals surface area contributed by atoms with E-state index in [1.165, 1.54) is 5.56 Å². The molecule has 0 bridgehead atoms. The molecule has 0 fully saturated rings. The molecule has 6 nitrogen and oxygen atoms in total. The number of anilines is 3. The maximum absolute atomic E-state index is 12.5. The number of hydrogen-bond donors (Lipinski definition) is 2. The first kappa shape index (κ1) is 20.3. The summed E-state index contributed by atoms with van der Waals surface area (Å²) in [6.07, 6.45) is 1.81. The summed E-state index contributed by atoms with van der Waals surface area (Å²) in [6, 6.07) is 19.9. The minimum atomic E-state index is -0.186. The Bertz CT molecular complexity index is 939. The van der Waals surface area contributed by atoms with E-state index in [0.717, 1.165) is 24.2 Å². The largest absolute Gasteiger partial charge is 0.378 e. The number of aromatic nitrogens is 2. The van der Waals surface area contributed by atoms with E-state index in [9.17, 15) is 4.79 Å². The van der Waals surface area contributed by atoms with Crippen LogP contribution in [0.2, 0.25) is 0 Å². The predicted octanol–water partition coefficient (Wildman–Crippen LogP) is 3.96. The van der Waals surface area contributed by atoms with E-state index in [4.69, 9.17) is 0 Å². The van der Waals surface area contributed by atoms with Gasteiger partial charge in [-0.2, -0.15) is 0 Å². The van der Waals surface area contributed by atoms with Crippen LogP contribution in [0, 0.1) is 6.92 Å². The molecule has 150 valence electrons. The van der Waals surface area contributed by atoms with Crippen LogP contribution in [0.15, 0.2) is 60.7 Å². The van der Waals surface area contributed by atoms with Crippen molar-refractivity contribution in [3.8, 4) is 0 Å². The molecule has 1 heterocycles. The lowest BCUT2D eigenvalue weighted by atomic mass is 10.1. The van der Waals surface area contributed by atoms with E-state index >= 15 is 0 Å². The summed E-state index contributed by atoms with van der Waals surface area (Å²) < 4.78 is 0. The number of benzene rings is 2. The summed E-state index contributed by atoms with van der Waals surface area (Å²) in [6.45, 7) is 2.39. The van der Waals surface area contributed by atoms with Crippen LogP contribution in [-0.2, 0) is 6.42 Å². The van der Waals surface area contributed by atoms with Crippen LogP contribution in [0.4, 0.5) is 17.2 Å². The molecule has 2 aromatic carbocycles. The lowest BCUT2D eigenvalue weighted by molar-refractivity contribution is 0.0948. The lowest BCUT2D eigenvalue weighted by Crippen LogP contribution is -2.26. The van der Waals surface area contributed by atoms with Gasteiger partial charge in [0.15, 0.2) is 0 Å². The molecule has 0 spiro atoms. The molecule has 0 aliphatic carbocycles. The Morgan fingerprint density at radius 2 is 1.72 bits per heavy atom. The van der Waals surface area contributed by atoms with Gasteiger partial charge in [0, 0.05) is 38.1 Å². The molecule has 0 aliphatic heterocycles. The molecule has 0 unspecified atom stereocenters. The van der Waals surface area contributed by atoms with E-state index in [1.54, 1.807) is 13.0 Å². The Morgan fingerprint density at radius 1 is 1.00 bits per heavy atom. The first-order valence-corrected chi connectivity index (χ1v) is 9.73. The third-order valence-electron chi connectivity index (χ3n) is 4.50. The fourth-order valence-electron chi connectivity index (χ4n) is 2.97. The second kappa shape index (κ2) is 9.68. The summed E-state index contributed by atoms with van der Waals surface area (Å²) in [5.41, 5.74) is 3.66. The van der Waals surface area contributed by atoms with E-state index in [2.05, 4.69) is 32.7 Å². The van der Waals surface area contributed by atoms with Crippen molar-refractivity contribution in [3.05, 3.63) is 77.7 Å². The van der Waals surface area contributed by atoms with Gasteiger partial charge in [0.05, 0.1) is 0 Å². The van der Waals surface area contributed by atoms with Crippen molar-refractivity contribution in [1.29, 1.82) is 0 Å². The Morgan fingerprint density at radius 3 is 2.41 bits per heavy atom. The monoisotopic (exact) mass is 389 g/mol. The van der Waals surface area contributed by atoms with Crippen LogP contribution >= 0.6 is 0 Å². The maximum Gasteiger partial charge on any atom is 0.270 e. The summed E-state index contributed by atoms with van der Waals surface area (Å²) in [5, 5.41) is 6.19. The van der Waals surface area contributed by atoms with E-state index < -0.39 is 0 Å². The molecule has 0 radical (unpaired) electrons. The Hall–Kier alpha value is -3.41. The molecule has 0 atom stereocenters. The average Bonchev–Trinajstić information content (AvgIpc) is 2.72. The highest BCUT2D eigenvalue weighted by Crippen LogP contribution is 2.19. The van der Waals surface area contributed by atoms with Crippen LogP contribution in [0.25, 0.3) is 0 Å². The predicted molar refractivity (Wildman–Crippen MR) is 118 cm³/mol. The summed E-state index contributed by atoms with van der Waals surface area (Å²) in [5.74, 6) is 0.966. The smallest absolute Gasteiger partial charge is 0.270 e. The van der Waals surface area contributed by atoms with Gasteiger partial charge in [0.2, 0.25) is 0 Å². The molecule has 1 amide bonds. The van der Waals surface area contributed by atoms with Crippen molar-refractivity contribution in [2.24, 2.45) is 0 Å². The van der Waals surface area contributed by atoms with Gasteiger partial charge in [-0.05, 0) is 49.6 Å². The zero-order valence-electron chi connectivity index (χ0n) is 17.1. The van der Waals surface area contributed by atoms with Crippen LogP contribution in [0.5, 0.6) is 0 Å². The third kappa shape index (κ3) is 6.04. The highest BCUT2D eigenvalue weighted by Gasteiger charge is 2.10. The quantitative estimate of drug-likeness (QED) is 0.571. The fourth-order valence-corrected chi connectivity index (χ4v) is 2.97. The van der Waals surface area contributed by atoms with Gasteiger partial charge in [0.1, 0.15) is 17.3 Å². The van der Waals surface area contributed by atoms with Gasteiger partial charge in [-0.25, -0.2) is 9.97 Å². The highest BCUT2D eigenvalue weighted by atomic mass is 16.1. The minimum absolute atomic E-state index is 0.186. The summed E-state index contributed by atoms with van der Waals surface area (Å²) in [7, 11) is 4.00. The molecule has 0 aliphatic rings. The molecule has 0 saturated carbocycles. The van der Waals surface area contributed by atoms with E-state index in [-0.39, 0.29) is 5.91 Å². The van der Waals surface area contributed by atoms with Crippen molar-refractivity contribution >= 4 is 23.1 Å². The average molecular weight is 390 g/mol. The maximum atomic E-state index is 12.5. The van der Waals surface area contributed by atoms with Gasteiger partial charge < -0.3 is 15.5 Å². The Labute approximate surface area is 172 Å². The first-order chi connectivity index (χ1) is 14.0. The first-order valence-electron chi connectivity index (χ1n) is 9.73. The number of hydrogen-bond acceptors (Lipinski definition) is 5. The number of aryl methyl sites for hydroxylation is 2. The molecular formula is C23H27N5O. The van der Waals surface area contributed by atoms with Crippen LogP contribution in [0.3, 0.4) is 0 Å². The van der Waals surface area contributed by atoms with Crippen molar-refractivity contribution in [3.63, 3.8) is 0 Å². The molecule has 1 aromatic heterocycles. The summed E-state index contributed by atoms with van der Waals surface area (Å²) in [4.78, 5) is 23.2. The van der Waals surface area contributed by atoms with Gasteiger partial charge in [-0.15, -0.1) is 0 Å². The van der Waals surface area contributed by atoms with E-state index in [0.29, 0.717) is 23.9 Å². The Kier molecular flexibility index (Phi) is 6.79. The SMILES string of the molecule is Cc1nc(Nc2ccc(N(C)C)cc2)cc(C(=O)NCCCc2ccccc2)n1. The molecule has 29 heavy (non-hydrogen) atoms. The van der Waals surface area contributed by atoms with Crippen molar-refractivity contribution in [1.82, 2.24) is 15.3 Å². The minimum Gasteiger partial charge on any atom is -0.378 e. The highest BCUT2D eigenvalue weighted by molar-refractivity contribution is 5.93. The molecule has 0 saturated heterocycles. The van der Waals surface area contributed by atoms with Crippen molar-refractivity contribution in [2.75, 3.05) is 30.9 Å².